The molecule has 0 bridgehead atoms. The second-order valence-corrected chi connectivity index (χ2v) is 9.86. The Hall–Kier alpha value is -0.1000. The number of hydrogen-bond acceptors (Lipinski definition) is 8. The molecule has 4 rings (SSSR count). The van der Waals surface area contributed by atoms with Gasteiger partial charge in [-0.1, -0.05) is 13.8 Å². The standard InChI is InChI=1S/2C10H17N3S.4ClH.H2O/c2*1-2-5-12-7-3-4-8-9(6-7)14-10(11)13-8;;;;;/h2*7,12H,2-6H2,1H3,(H2,11,13);4*1H;1H2/t2*7-;;;;;/m00...../s1. The molecule has 2 heterocycles. The van der Waals surface area contributed by atoms with Crippen LogP contribution in [0, 0.1) is 0 Å². The zero-order valence-electron chi connectivity index (χ0n) is 19.2. The van der Waals surface area contributed by atoms with Gasteiger partial charge in [-0.2, -0.15) is 0 Å². The van der Waals surface area contributed by atoms with Crippen LogP contribution in [0.3, 0.4) is 0 Å². The Balaban J connectivity index is -0.000000474. The second kappa shape index (κ2) is 19.1. The van der Waals surface area contributed by atoms with Gasteiger partial charge in [-0.25, -0.2) is 9.97 Å². The molecule has 0 radical (unpaired) electrons. The van der Waals surface area contributed by atoms with E-state index in [9.17, 15) is 0 Å². The molecule has 33 heavy (non-hydrogen) atoms. The van der Waals surface area contributed by atoms with Crippen molar-refractivity contribution in [1.29, 1.82) is 0 Å². The van der Waals surface area contributed by atoms with Gasteiger partial charge in [0, 0.05) is 21.8 Å². The topological polar surface area (TPSA) is 133 Å². The third-order valence-electron chi connectivity index (χ3n) is 5.28. The Morgan fingerprint density at radius 1 is 0.758 bits per heavy atom. The SMILES string of the molecule is CCCN[C@H]1CCc2nc(N)sc2C1.CCCN[C@H]1CCc2nc(N)sc2C1.Cl.Cl.Cl.Cl.O. The minimum atomic E-state index is 0. The first-order valence-corrected chi connectivity index (χ1v) is 12.2. The summed E-state index contributed by atoms with van der Waals surface area (Å²) in [7, 11) is 0. The van der Waals surface area contributed by atoms with Crippen LogP contribution in [0.15, 0.2) is 0 Å². The van der Waals surface area contributed by atoms with Crippen molar-refractivity contribution in [2.75, 3.05) is 24.6 Å². The average molecular weight is 587 g/mol. The van der Waals surface area contributed by atoms with E-state index in [0.29, 0.717) is 12.1 Å². The van der Waals surface area contributed by atoms with Gasteiger partial charge >= 0.3 is 0 Å². The van der Waals surface area contributed by atoms with E-state index in [0.717, 1.165) is 49.0 Å². The minimum absolute atomic E-state index is 0. The summed E-state index contributed by atoms with van der Waals surface area (Å²) < 4.78 is 0. The molecule has 0 saturated carbocycles. The molecule has 0 spiro atoms. The molecular formula is C20H40Cl4N6OS2. The molecule has 8 N–H and O–H groups in total. The van der Waals surface area contributed by atoms with Crippen molar-refractivity contribution in [3.05, 3.63) is 21.1 Å². The van der Waals surface area contributed by atoms with Crippen molar-refractivity contribution in [3.8, 4) is 0 Å². The van der Waals surface area contributed by atoms with E-state index in [1.54, 1.807) is 22.7 Å². The third kappa shape index (κ3) is 11.5. The van der Waals surface area contributed by atoms with Gasteiger partial charge < -0.3 is 27.6 Å². The van der Waals surface area contributed by atoms with Gasteiger partial charge in [0.1, 0.15) is 0 Å². The summed E-state index contributed by atoms with van der Waals surface area (Å²) in [5, 5.41) is 8.57. The Morgan fingerprint density at radius 2 is 1.12 bits per heavy atom. The lowest BCUT2D eigenvalue weighted by molar-refractivity contribution is 0.460. The molecule has 13 heteroatoms. The normalized spacial score (nSPS) is 17.6. The van der Waals surface area contributed by atoms with Gasteiger partial charge in [-0.3, -0.25) is 0 Å². The fourth-order valence-electron chi connectivity index (χ4n) is 3.84. The summed E-state index contributed by atoms with van der Waals surface area (Å²) in [6.45, 7) is 6.64. The number of anilines is 2. The van der Waals surface area contributed by atoms with Gasteiger partial charge in [0.05, 0.1) is 11.4 Å². The minimum Gasteiger partial charge on any atom is -0.412 e. The molecule has 2 aliphatic rings. The van der Waals surface area contributed by atoms with Crippen LogP contribution in [0.2, 0.25) is 0 Å². The third-order valence-corrected chi connectivity index (χ3v) is 7.18. The summed E-state index contributed by atoms with van der Waals surface area (Å²) in [6, 6.07) is 1.28. The second-order valence-electron chi connectivity index (χ2n) is 7.63. The van der Waals surface area contributed by atoms with Gasteiger partial charge in [0.15, 0.2) is 10.3 Å². The molecule has 2 atom stereocenters. The summed E-state index contributed by atoms with van der Waals surface area (Å²) in [5.74, 6) is 0. The number of halogens is 4. The van der Waals surface area contributed by atoms with E-state index in [2.05, 4.69) is 34.4 Å². The zero-order valence-corrected chi connectivity index (χ0v) is 24.1. The van der Waals surface area contributed by atoms with Crippen LogP contribution >= 0.6 is 72.3 Å². The molecule has 0 aromatic carbocycles. The van der Waals surface area contributed by atoms with Crippen molar-refractivity contribution in [2.45, 2.75) is 77.3 Å². The number of aromatic nitrogens is 2. The quantitative estimate of drug-likeness (QED) is 0.404. The van der Waals surface area contributed by atoms with Crippen molar-refractivity contribution in [2.24, 2.45) is 0 Å². The predicted molar refractivity (Wildman–Crippen MR) is 154 cm³/mol. The Morgan fingerprint density at radius 3 is 1.45 bits per heavy atom. The lowest BCUT2D eigenvalue weighted by Crippen LogP contribution is -2.34. The molecule has 0 amide bonds. The number of aryl methyl sites for hydroxylation is 2. The monoisotopic (exact) mass is 584 g/mol. The maximum atomic E-state index is 5.69. The van der Waals surface area contributed by atoms with Crippen molar-refractivity contribution < 1.29 is 5.48 Å². The highest BCUT2D eigenvalue weighted by atomic mass is 35.5. The lowest BCUT2D eigenvalue weighted by atomic mass is 9.98. The molecule has 0 saturated heterocycles. The highest BCUT2D eigenvalue weighted by molar-refractivity contribution is 7.15. The molecule has 0 aliphatic heterocycles. The van der Waals surface area contributed by atoms with E-state index < -0.39 is 0 Å². The molecule has 7 nitrogen and oxygen atoms in total. The predicted octanol–water partition coefficient (Wildman–Crippen LogP) is 4.03. The van der Waals surface area contributed by atoms with Crippen LogP contribution in [0.5, 0.6) is 0 Å². The Bertz CT molecular complexity index is 703. The molecule has 2 aromatic heterocycles. The fourth-order valence-corrected chi connectivity index (χ4v) is 5.75. The van der Waals surface area contributed by atoms with Crippen LogP contribution in [0.1, 0.15) is 60.7 Å². The number of nitrogen functional groups attached to an aromatic ring is 2. The van der Waals surface area contributed by atoms with E-state index in [1.165, 1.54) is 46.8 Å². The van der Waals surface area contributed by atoms with Gasteiger partial charge in [0.25, 0.3) is 0 Å². The number of nitrogens with zero attached hydrogens (tertiary/aromatic N) is 2. The van der Waals surface area contributed by atoms with Crippen LogP contribution in [-0.4, -0.2) is 40.6 Å². The number of thiazole rings is 2. The van der Waals surface area contributed by atoms with Crippen molar-refractivity contribution >= 4 is 82.6 Å². The highest BCUT2D eigenvalue weighted by Crippen LogP contribution is 2.28. The smallest absolute Gasteiger partial charge is 0.180 e. The van der Waals surface area contributed by atoms with Gasteiger partial charge in [0.2, 0.25) is 0 Å². The average Bonchev–Trinajstić information content (AvgIpc) is 3.24. The summed E-state index contributed by atoms with van der Waals surface area (Å²) in [4.78, 5) is 11.5. The van der Waals surface area contributed by atoms with Crippen LogP contribution < -0.4 is 22.1 Å². The number of hydrogen-bond donors (Lipinski definition) is 4. The summed E-state index contributed by atoms with van der Waals surface area (Å²) in [5.41, 5.74) is 13.9. The molecule has 0 fully saturated rings. The van der Waals surface area contributed by atoms with Crippen LogP contribution in [0.4, 0.5) is 10.3 Å². The maximum absolute atomic E-state index is 5.69. The van der Waals surface area contributed by atoms with Crippen LogP contribution in [0.25, 0.3) is 0 Å². The van der Waals surface area contributed by atoms with Gasteiger partial charge in [-0.05, 0) is 64.5 Å². The molecule has 2 aliphatic carbocycles. The van der Waals surface area contributed by atoms with Gasteiger partial charge in [-0.15, -0.1) is 72.3 Å². The van der Waals surface area contributed by atoms with Crippen molar-refractivity contribution in [3.63, 3.8) is 0 Å². The van der Waals surface area contributed by atoms with E-state index in [4.69, 9.17) is 11.5 Å². The van der Waals surface area contributed by atoms with E-state index in [1.807, 2.05) is 0 Å². The van der Waals surface area contributed by atoms with Crippen molar-refractivity contribution in [1.82, 2.24) is 20.6 Å². The number of rotatable bonds is 6. The summed E-state index contributed by atoms with van der Waals surface area (Å²) in [6.07, 6.45) is 9.22. The zero-order chi connectivity index (χ0) is 19.9. The molecule has 196 valence electrons. The first-order valence-electron chi connectivity index (χ1n) is 10.5. The highest BCUT2D eigenvalue weighted by Gasteiger charge is 2.22. The number of fused-ring (bicyclic) bond motifs is 2. The molecular weight excluding hydrogens is 546 g/mol. The molecule has 0 unspecified atom stereocenters. The Kier molecular flexibility index (Phi) is 21.7. The number of nitrogens with one attached hydrogen (secondary N) is 2. The van der Waals surface area contributed by atoms with E-state index in [-0.39, 0.29) is 55.1 Å². The number of nitrogens with two attached hydrogens (primary N) is 2. The Labute approximate surface area is 230 Å². The summed E-state index contributed by atoms with van der Waals surface area (Å²) >= 11 is 3.31. The maximum Gasteiger partial charge on any atom is 0.180 e. The van der Waals surface area contributed by atoms with E-state index >= 15 is 0 Å². The molecule has 2 aromatic rings. The first kappa shape index (κ1) is 37.4. The largest absolute Gasteiger partial charge is 0.412 e. The first-order chi connectivity index (χ1) is 13.6. The fraction of sp³-hybridized carbons (Fsp3) is 0.700. The van der Waals surface area contributed by atoms with Crippen LogP contribution in [-0.2, 0) is 25.7 Å². The lowest BCUT2D eigenvalue weighted by Gasteiger charge is -2.21.